The van der Waals surface area contributed by atoms with E-state index < -0.39 is 0 Å². The first kappa shape index (κ1) is 15.8. The van der Waals surface area contributed by atoms with Gasteiger partial charge < -0.3 is 4.74 Å². The van der Waals surface area contributed by atoms with Gasteiger partial charge in [0.1, 0.15) is 5.60 Å². The minimum absolute atomic E-state index is 0.0776. The zero-order chi connectivity index (χ0) is 17.4. The lowest BCUT2D eigenvalue weighted by Crippen LogP contribution is -2.55. The topological polar surface area (TPSA) is 43.4 Å². The van der Waals surface area contributed by atoms with Crippen molar-refractivity contribution in [2.24, 2.45) is 34.5 Å². The summed E-state index contributed by atoms with van der Waals surface area (Å²) in [6.07, 6.45) is 15.4. The molecule has 25 heavy (non-hydrogen) atoms. The van der Waals surface area contributed by atoms with E-state index in [1.165, 1.54) is 25.7 Å². The van der Waals surface area contributed by atoms with E-state index in [0.717, 1.165) is 19.3 Å². The van der Waals surface area contributed by atoms with Crippen LogP contribution in [0.15, 0.2) is 24.3 Å². The van der Waals surface area contributed by atoms with Crippen molar-refractivity contribution in [1.29, 1.82) is 0 Å². The Balaban J connectivity index is 1.50. The molecule has 0 aromatic heterocycles. The zero-order valence-corrected chi connectivity index (χ0v) is 15.3. The monoisotopic (exact) mass is 340 g/mol. The number of rotatable bonds is 0. The Morgan fingerprint density at radius 1 is 0.960 bits per heavy atom. The third kappa shape index (κ3) is 1.88. The Hall–Kier alpha value is -1.38. The SMILES string of the molecule is C[C@]12C=CC(=O)C[C@@H]1CC[C@@H]1[C@@H]2CC[C@@]2(C)[C@H]1CC[C@@]21C=CC(=O)O1. The summed E-state index contributed by atoms with van der Waals surface area (Å²) in [5, 5.41) is 0. The quantitative estimate of drug-likeness (QED) is 0.620. The van der Waals surface area contributed by atoms with E-state index in [2.05, 4.69) is 26.0 Å². The molecule has 1 heterocycles. The first-order chi connectivity index (χ1) is 11.9. The number of carbonyl (C=O) groups excluding carboxylic acids is 2. The van der Waals surface area contributed by atoms with Crippen LogP contribution in [-0.4, -0.2) is 17.4 Å². The van der Waals surface area contributed by atoms with E-state index in [4.69, 9.17) is 4.74 Å². The molecule has 0 aromatic rings. The second kappa shape index (κ2) is 4.86. The largest absolute Gasteiger partial charge is 0.451 e. The summed E-state index contributed by atoms with van der Waals surface area (Å²) in [7, 11) is 0. The Morgan fingerprint density at radius 2 is 1.76 bits per heavy atom. The summed E-state index contributed by atoms with van der Waals surface area (Å²) >= 11 is 0. The van der Waals surface area contributed by atoms with Crippen LogP contribution in [0.4, 0.5) is 0 Å². The van der Waals surface area contributed by atoms with Gasteiger partial charge in [0.15, 0.2) is 5.78 Å². The van der Waals surface area contributed by atoms with Crippen LogP contribution >= 0.6 is 0 Å². The minimum Gasteiger partial charge on any atom is -0.451 e. The van der Waals surface area contributed by atoms with Crippen LogP contribution in [0.25, 0.3) is 0 Å². The van der Waals surface area contributed by atoms with Crippen LogP contribution in [0.3, 0.4) is 0 Å². The molecule has 0 N–H and O–H groups in total. The molecule has 4 aliphatic carbocycles. The molecule has 1 aliphatic heterocycles. The number of ether oxygens (including phenoxy) is 1. The molecule has 5 aliphatic rings. The molecule has 0 saturated heterocycles. The van der Waals surface area contributed by atoms with Gasteiger partial charge in [-0.1, -0.05) is 19.9 Å². The van der Waals surface area contributed by atoms with Crippen LogP contribution in [0.2, 0.25) is 0 Å². The number of carbonyl (C=O) groups is 2. The molecule has 0 aromatic carbocycles. The van der Waals surface area contributed by atoms with Gasteiger partial charge in [0, 0.05) is 17.9 Å². The summed E-state index contributed by atoms with van der Waals surface area (Å²) in [6, 6.07) is 0. The summed E-state index contributed by atoms with van der Waals surface area (Å²) in [5.41, 5.74) is -0.0971. The zero-order valence-electron chi connectivity index (χ0n) is 15.3. The van der Waals surface area contributed by atoms with Crippen LogP contribution in [0.1, 0.15) is 58.8 Å². The normalized spacial score (nSPS) is 53.5. The Labute approximate surface area is 149 Å². The lowest BCUT2D eigenvalue weighted by molar-refractivity contribution is -0.164. The second-order valence-electron chi connectivity index (χ2n) is 9.66. The van der Waals surface area contributed by atoms with Crippen molar-refractivity contribution >= 4 is 11.8 Å². The fourth-order valence-electron chi connectivity index (χ4n) is 7.56. The third-order valence-electron chi connectivity index (χ3n) is 8.99. The van der Waals surface area contributed by atoms with Gasteiger partial charge in [0.25, 0.3) is 0 Å². The molecule has 0 bridgehead atoms. The lowest BCUT2D eigenvalue weighted by Gasteiger charge is -2.59. The average molecular weight is 340 g/mol. The first-order valence-corrected chi connectivity index (χ1v) is 10.0. The Bertz CT molecular complexity index is 706. The highest BCUT2D eigenvalue weighted by molar-refractivity contribution is 5.91. The van der Waals surface area contributed by atoms with Gasteiger partial charge in [0.2, 0.25) is 0 Å². The maximum atomic E-state index is 11.9. The van der Waals surface area contributed by atoms with Crippen molar-refractivity contribution in [2.45, 2.75) is 64.4 Å². The third-order valence-corrected chi connectivity index (χ3v) is 8.99. The van der Waals surface area contributed by atoms with Crippen molar-refractivity contribution in [3.63, 3.8) is 0 Å². The molecule has 3 nitrogen and oxygen atoms in total. The molecule has 3 saturated carbocycles. The van der Waals surface area contributed by atoms with Crippen LogP contribution in [0, 0.1) is 34.5 Å². The van der Waals surface area contributed by atoms with Crippen molar-refractivity contribution in [1.82, 2.24) is 0 Å². The highest BCUT2D eigenvalue weighted by atomic mass is 16.6. The molecule has 3 heteroatoms. The molecule has 3 fully saturated rings. The van der Waals surface area contributed by atoms with E-state index in [9.17, 15) is 9.59 Å². The van der Waals surface area contributed by atoms with Gasteiger partial charge >= 0.3 is 5.97 Å². The van der Waals surface area contributed by atoms with Crippen LogP contribution in [-0.2, 0) is 14.3 Å². The van der Waals surface area contributed by atoms with Crippen molar-refractivity contribution in [2.75, 3.05) is 0 Å². The lowest BCUT2D eigenvalue weighted by atomic mass is 9.45. The molecule has 0 unspecified atom stereocenters. The van der Waals surface area contributed by atoms with Gasteiger partial charge in [-0.2, -0.15) is 0 Å². The van der Waals surface area contributed by atoms with E-state index in [0.29, 0.717) is 29.5 Å². The maximum Gasteiger partial charge on any atom is 0.331 e. The first-order valence-electron chi connectivity index (χ1n) is 10.0. The number of esters is 1. The molecule has 5 rings (SSSR count). The van der Waals surface area contributed by atoms with Gasteiger partial charge in [-0.05, 0) is 79.8 Å². The predicted octanol–water partition coefficient (Wildman–Crippen LogP) is 4.23. The summed E-state index contributed by atoms with van der Waals surface area (Å²) in [6.45, 7) is 4.78. The summed E-state index contributed by atoms with van der Waals surface area (Å²) in [4.78, 5) is 23.7. The number of allylic oxidation sites excluding steroid dienone is 2. The fourth-order valence-corrected chi connectivity index (χ4v) is 7.56. The van der Waals surface area contributed by atoms with Gasteiger partial charge in [0.05, 0.1) is 0 Å². The van der Waals surface area contributed by atoms with Crippen molar-refractivity contribution < 1.29 is 14.3 Å². The van der Waals surface area contributed by atoms with Gasteiger partial charge in [-0.15, -0.1) is 0 Å². The Kier molecular flexibility index (Phi) is 3.08. The predicted molar refractivity (Wildman–Crippen MR) is 94.6 cm³/mol. The maximum absolute atomic E-state index is 11.9. The van der Waals surface area contributed by atoms with E-state index >= 15 is 0 Å². The molecular weight excluding hydrogens is 312 g/mol. The smallest absolute Gasteiger partial charge is 0.331 e. The highest BCUT2D eigenvalue weighted by Gasteiger charge is 2.66. The van der Waals surface area contributed by atoms with Crippen LogP contribution in [0.5, 0.6) is 0 Å². The van der Waals surface area contributed by atoms with Crippen molar-refractivity contribution in [3.05, 3.63) is 24.3 Å². The fraction of sp³-hybridized carbons (Fsp3) is 0.727. The highest BCUT2D eigenvalue weighted by Crippen LogP contribution is 2.68. The van der Waals surface area contributed by atoms with E-state index in [-0.39, 0.29) is 22.4 Å². The Morgan fingerprint density at radius 3 is 2.52 bits per heavy atom. The van der Waals surface area contributed by atoms with Crippen molar-refractivity contribution in [3.8, 4) is 0 Å². The van der Waals surface area contributed by atoms with Gasteiger partial charge in [-0.3, -0.25) is 4.79 Å². The number of fused-ring (bicyclic) bond motifs is 6. The van der Waals surface area contributed by atoms with E-state index in [1.54, 1.807) is 6.08 Å². The number of ketones is 1. The second-order valence-corrected chi connectivity index (χ2v) is 9.66. The summed E-state index contributed by atoms with van der Waals surface area (Å²) in [5.74, 6) is 2.67. The molecule has 0 radical (unpaired) electrons. The number of hydrogen-bond donors (Lipinski definition) is 0. The minimum atomic E-state index is -0.351. The van der Waals surface area contributed by atoms with Gasteiger partial charge in [-0.25, -0.2) is 4.79 Å². The number of hydrogen-bond acceptors (Lipinski definition) is 3. The molecular formula is C22H28O3. The molecule has 0 amide bonds. The molecule has 1 spiro atoms. The molecule has 134 valence electrons. The molecule has 7 atom stereocenters. The standard InChI is InChI=1S/C22H28O3/c1-20-9-5-15(23)13-14(20)3-4-16-17(20)6-10-21(2)18(16)7-11-22(21)12-8-19(24)25-22/h5,8-9,12,14,16-18H,3-4,6-7,10-11,13H2,1-2H3/t14-,16+,17-,18-,20-,21-,22+/m0/s1. The average Bonchev–Trinajstić information content (AvgIpc) is 3.10. The van der Waals surface area contributed by atoms with E-state index in [1.807, 2.05) is 6.08 Å². The van der Waals surface area contributed by atoms with Crippen LogP contribution < -0.4 is 0 Å². The summed E-state index contributed by atoms with van der Waals surface area (Å²) < 4.78 is 5.90.